The number of hydrogen-bond acceptors (Lipinski definition) is 6. The molecule has 1 aliphatic heterocycles. The monoisotopic (exact) mass is 344 g/mol. The third kappa shape index (κ3) is 4.43. The summed E-state index contributed by atoms with van der Waals surface area (Å²) in [4.78, 5) is 16.6. The molecule has 0 radical (unpaired) electrons. The first-order valence-corrected chi connectivity index (χ1v) is 8.19. The maximum absolute atomic E-state index is 12.1. The van der Waals surface area contributed by atoms with E-state index >= 15 is 0 Å². The Hall–Kier alpha value is -1.18. The van der Waals surface area contributed by atoms with Gasteiger partial charge in [-0.1, -0.05) is 24.4 Å². The van der Waals surface area contributed by atoms with Crippen LogP contribution < -0.4 is 10.6 Å². The Labute approximate surface area is 142 Å². The number of hydrogen-bond donors (Lipinski definition) is 3. The van der Waals surface area contributed by atoms with E-state index in [4.69, 9.17) is 4.52 Å². The van der Waals surface area contributed by atoms with Crippen molar-refractivity contribution in [2.24, 2.45) is 0 Å². The number of halogens is 1. The molecule has 3 rings (SSSR count). The van der Waals surface area contributed by atoms with E-state index in [-0.39, 0.29) is 30.4 Å². The first-order valence-electron chi connectivity index (χ1n) is 8.19. The van der Waals surface area contributed by atoms with Crippen LogP contribution in [0.4, 0.5) is 0 Å². The maximum Gasteiger partial charge on any atom is 0.248 e. The van der Waals surface area contributed by atoms with Crippen LogP contribution in [0.1, 0.15) is 69.1 Å². The Morgan fingerprint density at radius 3 is 2.78 bits per heavy atom. The lowest BCUT2D eigenvalue weighted by atomic mass is 9.89. The SMILES string of the molecule is CC(NC(=O)C1CC(O)CN1)c1nc(C2CCCCC2)no1.Cl. The van der Waals surface area contributed by atoms with Crippen molar-refractivity contribution in [3.63, 3.8) is 0 Å². The average molecular weight is 345 g/mol. The molecule has 2 heterocycles. The molecule has 1 saturated heterocycles. The highest BCUT2D eigenvalue weighted by atomic mass is 35.5. The van der Waals surface area contributed by atoms with E-state index in [1.165, 1.54) is 19.3 Å². The van der Waals surface area contributed by atoms with Gasteiger partial charge in [0.15, 0.2) is 5.82 Å². The van der Waals surface area contributed by atoms with Gasteiger partial charge in [0.05, 0.1) is 12.1 Å². The van der Waals surface area contributed by atoms with Gasteiger partial charge in [-0.15, -0.1) is 12.4 Å². The van der Waals surface area contributed by atoms with Crippen molar-refractivity contribution in [2.45, 2.75) is 69.6 Å². The fraction of sp³-hybridized carbons (Fsp3) is 0.800. The van der Waals surface area contributed by atoms with Crippen LogP contribution in [0.25, 0.3) is 0 Å². The maximum atomic E-state index is 12.1. The fourth-order valence-corrected chi connectivity index (χ4v) is 3.24. The minimum atomic E-state index is -0.452. The van der Waals surface area contributed by atoms with Crippen LogP contribution >= 0.6 is 12.4 Å². The topological polar surface area (TPSA) is 100 Å². The van der Waals surface area contributed by atoms with Crippen LogP contribution in [0.3, 0.4) is 0 Å². The molecule has 130 valence electrons. The summed E-state index contributed by atoms with van der Waals surface area (Å²) in [5, 5.41) is 19.4. The highest BCUT2D eigenvalue weighted by Crippen LogP contribution is 2.31. The van der Waals surface area contributed by atoms with E-state index < -0.39 is 6.10 Å². The largest absolute Gasteiger partial charge is 0.392 e. The van der Waals surface area contributed by atoms with Gasteiger partial charge in [0, 0.05) is 12.5 Å². The van der Waals surface area contributed by atoms with Crippen molar-refractivity contribution < 1.29 is 14.4 Å². The van der Waals surface area contributed by atoms with Gasteiger partial charge in [0.2, 0.25) is 11.8 Å². The van der Waals surface area contributed by atoms with E-state index in [1.54, 1.807) is 0 Å². The van der Waals surface area contributed by atoms with E-state index in [1.807, 2.05) is 6.92 Å². The number of carbonyl (C=O) groups excluding carboxylic acids is 1. The average Bonchev–Trinajstić information content (AvgIpc) is 3.17. The lowest BCUT2D eigenvalue weighted by Gasteiger charge is -2.17. The lowest BCUT2D eigenvalue weighted by molar-refractivity contribution is -0.123. The standard InChI is InChI=1S/C15H24N4O3.ClH/c1-9(17-14(21)12-7-11(20)8-16-12)15-18-13(19-22-15)10-5-3-2-4-6-10;/h9-12,16,20H,2-8H2,1H3,(H,17,21);1H. The number of aliphatic hydroxyl groups is 1. The molecule has 23 heavy (non-hydrogen) atoms. The number of amides is 1. The number of carbonyl (C=O) groups is 1. The number of nitrogens with zero attached hydrogens (tertiary/aromatic N) is 2. The molecular formula is C15H25ClN4O3. The second-order valence-corrected chi connectivity index (χ2v) is 6.41. The molecule has 8 heteroatoms. The molecule has 1 aromatic heterocycles. The first kappa shape index (κ1) is 18.2. The van der Waals surface area contributed by atoms with E-state index in [0.29, 0.717) is 24.8 Å². The summed E-state index contributed by atoms with van der Waals surface area (Å²) in [6.07, 6.45) is 5.94. The van der Waals surface area contributed by atoms with Gasteiger partial charge in [-0.05, 0) is 26.2 Å². The molecule has 1 saturated carbocycles. The summed E-state index contributed by atoms with van der Waals surface area (Å²) in [7, 11) is 0. The van der Waals surface area contributed by atoms with Crippen LogP contribution in [0.2, 0.25) is 0 Å². The van der Waals surface area contributed by atoms with Gasteiger partial charge < -0.3 is 20.3 Å². The summed E-state index contributed by atoms with van der Waals surface area (Å²) >= 11 is 0. The number of rotatable bonds is 4. The molecule has 2 fully saturated rings. The van der Waals surface area contributed by atoms with Crippen molar-refractivity contribution in [1.29, 1.82) is 0 Å². The molecule has 1 amide bonds. The second-order valence-electron chi connectivity index (χ2n) is 6.41. The van der Waals surface area contributed by atoms with Gasteiger partial charge >= 0.3 is 0 Å². The predicted molar refractivity (Wildman–Crippen MR) is 86.3 cm³/mol. The normalized spacial score (nSPS) is 26.5. The predicted octanol–water partition coefficient (Wildman–Crippen LogP) is 1.44. The first-order chi connectivity index (χ1) is 10.6. The summed E-state index contributed by atoms with van der Waals surface area (Å²) < 4.78 is 5.32. The van der Waals surface area contributed by atoms with Gasteiger partial charge in [0.1, 0.15) is 6.04 Å². The lowest BCUT2D eigenvalue weighted by Crippen LogP contribution is -2.41. The Bertz CT molecular complexity index is 519. The molecule has 0 aromatic carbocycles. The smallest absolute Gasteiger partial charge is 0.248 e. The number of β-amino-alcohol motifs (C(OH)–C–C–N with tert-alkyl or cyclic N) is 1. The Morgan fingerprint density at radius 2 is 2.13 bits per heavy atom. The highest BCUT2D eigenvalue weighted by molar-refractivity contribution is 5.85. The van der Waals surface area contributed by atoms with Gasteiger partial charge in [0.25, 0.3) is 0 Å². The van der Waals surface area contributed by atoms with Crippen LogP contribution in [0.5, 0.6) is 0 Å². The Morgan fingerprint density at radius 1 is 1.39 bits per heavy atom. The van der Waals surface area contributed by atoms with Crippen molar-refractivity contribution >= 4 is 18.3 Å². The summed E-state index contributed by atoms with van der Waals surface area (Å²) in [5.41, 5.74) is 0. The summed E-state index contributed by atoms with van der Waals surface area (Å²) in [5.74, 6) is 1.47. The van der Waals surface area contributed by atoms with E-state index in [2.05, 4.69) is 20.8 Å². The number of nitrogens with one attached hydrogen (secondary N) is 2. The quantitative estimate of drug-likeness (QED) is 0.764. The molecule has 3 unspecified atom stereocenters. The summed E-state index contributed by atoms with van der Waals surface area (Å²) in [6, 6.07) is -0.671. The third-order valence-electron chi connectivity index (χ3n) is 4.58. The van der Waals surface area contributed by atoms with Crippen molar-refractivity contribution in [3.05, 3.63) is 11.7 Å². The zero-order chi connectivity index (χ0) is 15.5. The van der Waals surface area contributed by atoms with Crippen LogP contribution in [-0.2, 0) is 4.79 Å². The van der Waals surface area contributed by atoms with Gasteiger partial charge in [-0.3, -0.25) is 4.79 Å². The van der Waals surface area contributed by atoms with Crippen molar-refractivity contribution in [2.75, 3.05) is 6.54 Å². The van der Waals surface area contributed by atoms with Crippen LogP contribution in [-0.4, -0.2) is 39.8 Å². The van der Waals surface area contributed by atoms with Crippen LogP contribution in [0.15, 0.2) is 4.52 Å². The van der Waals surface area contributed by atoms with Gasteiger partial charge in [-0.25, -0.2) is 0 Å². The van der Waals surface area contributed by atoms with Gasteiger partial charge in [-0.2, -0.15) is 4.98 Å². The van der Waals surface area contributed by atoms with E-state index in [0.717, 1.165) is 18.7 Å². The highest BCUT2D eigenvalue weighted by Gasteiger charge is 2.30. The molecule has 3 atom stereocenters. The molecule has 1 aliphatic carbocycles. The van der Waals surface area contributed by atoms with Crippen LogP contribution in [0, 0.1) is 0 Å². The third-order valence-corrected chi connectivity index (χ3v) is 4.58. The Kier molecular flexibility index (Phi) is 6.38. The van der Waals surface area contributed by atoms with E-state index in [9.17, 15) is 9.90 Å². The zero-order valence-corrected chi connectivity index (χ0v) is 14.1. The second kappa shape index (κ2) is 8.08. The molecule has 2 aliphatic rings. The molecule has 3 N–H and O–H groups in total. The van der Waals surface area contributed by atoms with Crippen molar-refractivity contribution in [3.8, 4) is 0 Å². The molecule has 0 spiro atoms. The fourth-order valence-electron chi connectivity index (χ4n) is 3.24. The molecular weight excluding hydrogens is 320 g/mol. The molecule has 7 nitrogen and oxygen atoms in total. The summed E-state index contributed by atoms with van der Waals surface area (Å²) in [6.45, 7) is 2.29. The number of aliphatic hydroxyl groups excluding tert-OH is 1. The Balaban J connectivity index is 0.00000192. The number of aromatic nitrogens is 2. The minimum Gasteiger partial charge on any atom is -0.392 e. The molecule has 1 aromatic rings. The minimum absolute atomic E-state index is 0. The molecule has 0 bridgehead atoms. The van der Waals surface area contributed by atoms with Crippen molar-refractivity contribution in [1.82, 2.24) is 20.8 Å². The zero-order valence-electron chi connectivity index (χ0n) is 13.3.